The van der Waals surface area contributed by atoms with E-state index in [1.165, 1.54) is 29.6 Å². The zero-order valence-corrected chi connectivity index (χ0v) is 16.3. The van der Waals surface area contributed by atoms with Gasteiger partial charge in [0.05, 0.1) is 21.2 Å². The van der Waals surface area contributed by atoms with E-state index in [0.29, 0.717) is 24.7 Å². The van der Waals surface area contributed by atoms with Crippen LogP contribution < -0.4 is 4.31 Å². The zero-order chi connectivity index (χ0) is 18.9. The molecule has 1 unspecified atom stereocenters. The lowest BCUT2D eigenvalue weighted by molar-refractivity contribution is 0.0788. The summed E-state index contributed by atoms with van der Waals surface area (Å²) in [4.78, 5) is 14.5. The van der Waals surface area contributed by atoms with E-state index in [1.807, 2.05) is 6.07 Å². The molecule has 3 rings (SSSR count). The number of amides is 1. The van der Waals surface area contributed by atoms with E-state index in [2.05, 4.69) is 6.92 Å². The van der Waals surface area contributed by atoms with Crippen LogP contribution in [0.5, 0.6) is 0 Å². The van der Waals surface area contributed by atoms with Crippen LogP contribution in [0.3, 0.4) is 0 Å². The Bertz CT molecular complexity index is 916. The number of benzene rings is 2. The maximum absolute atomic E-state index is 12.9. The molecule has 1 aliphatic rings. The van der Waals surface area contributed by atoms with Gasteiger partial charge in [-0.25, -0.2) is 8.42 Å². The van der Waals surface area contributed by atoms with Gasteiger partial charge in [-0.15, -0.1) is 0 Å². The van der Waals surface area contributed by atoms with Gasteiger partial charge in [0.25, 0.3) is 15.9 Å². The molecule has 2 aromatic rings. The van der Waals surface area contributed by atoms with Crippen LogP contribution in [0, 0.1) is 5.92 Å². The Labute approximate surface area is 159 Å². The summed E-state index contributed by atoms with van der Waals surface area (Å²) >= 11 is 6.20. The first-order valence-corrected chi connectivity index (χ1v) is 10.3. The van der Waals surface area contributed by atoms with Crippen LogP contribution in [-0.4, -0.2) is 39.4 Å². The van der Waals surface area contributed by atoms with Crippen molar-refractivity contribution in [3.63, 3.8) is 0 Å². The second kappa shape index (κ2) is 7.29. The number of rotatable bonds is 4. The Hall–Kier alpha value is -2.05. The minimum absolute atomic E-state index is 0.0452. The van der Waals surface area contributed by atoms with Gasteiger partial charge >= 0.3 is 0 Å². The van der Waals surface area contributed by atoms with E-state index in [9.17, 15) is 13.2 Å². The number of nitrogens with zero attached hydrogens (tertiary/aromatic N) is 2. The Morgan fingerprint density at radius 1 is 1.19 bits per heavy atom. The van der Waals surface area contributed by atoms with E-state index in [0.717, 1.165) is 6.42 Å². The number of hydrogen-bond donors (Lipinski definition) is 0. The average molecular weight is 393 g/mol. The molecule has 0 aliphatic carbocycles. The van der Waals surface area contributed by atoms with Crippen molar-refractivity contribution in [3.05, 3.63) is 59.1 Å². The molecule has 0 N–H and O–H groups in total. The van der Waals surface area contributed by atoms with Crippen LogP contribution >= 0.6 is 11.6 Å². The summed E-state index contributed by atoms with van der Waals surface area (Å²) in [7, 11) is -2.31. The van der Waals surface area contributed by atoms with E-state index in [-0.39, 0.29) is 21.4 Å². The summed E-state index contributed by atoms with van der Waals surface area (Å²) < 4.78 is 27.1. The second-order valence-corrected chi connectivity index (χ2v) is 8.97. The largest absolute Gasteiger partial charge is 0.338 e. The highest BCUT2D eigenvalue weighted by Crippen LogP contribution is 2.27. The molecule has 0 bridgehead atoms. The molecule has 0 aromatic heterocycles. The maximum Gasteiger partial charge on any atom is 0.264 e. The van der Waals surface area contributed by atoms with Crippen molar-refractivity contribution in [2.45, 2.75) is 18.2 Å². The molecule has 0 saturated carbocycles. The van der Waals surface area contributed by atoms with Gasteiger partial charge in [0, 0.05) is 20.1 Å². The number of likely N-dealkylation sites (tertiary alicyclic amines) is 1. The Balaban J connectivity index is 1.95. The summed E-state index contributed by atoms with van der Waals surface area (Å²) in [5, 5.41) is 0.260. The fourth-order valence-corrected chi connectivity index (χ4v) is 4.47. The second-order valence-electron chi connectivity index (χ2n) is 6.59. The first kappa shape index (κ1) is 18.7. The molecular weight excluding hydrogens is 372 g/mol. The lowest BCUT2D eigenvalue weighted by Gasteiger charge is -2.21. The quantitative estimate of drug-likeness (QED) is 0.798. The normalized spacial score (nSPS) is 17.3. The topological polar surface area (TPSA) is 57.7 Å². The van der Waals surface area contributed by atoms with Crippen LogP contribution in [0.2, 0.25) is 5.02 Å². The number of anilines is 1. The standard InChI is InChI=1S/C19H21ClN2O3S/c1-14-10-11-22(13-14)19(23)17-12-16(8-9-18(17)20)26(24,25)21(2)15-6-4-3-5-7-15/h3-9,12,14H,10-11,13H2,1-2H3. The van der Waals surface area contributed by atoms with Crippen molar-refractivity contribution in [1.82, 2.24) is 4.90 Å². The van der Waals surface area contributed by atoms with Crippen molar-refractivity contribution in [3.8, 4) is 0 Å². The van der Waals surface area contributed by atoms with Crippen molar-refractivity contribution >= 4 is 33.2 Å². The molecule has 0 spiro atoms. The van der Waals surface area contributed by atoms with Crippen LogP contribution in [0.15, 0.2) is 53.4 Å². The van der Waals surface area contributed by atoms with Crippen LogP contribution in [0.25, 0.3) is 0 Å². The predicted octanol–water partition coefficient (Wildman–Crippen LogP) is 3.65. The number of para-hydroxylation sites is 1. The number of sulfonamides is 1. The Morgan fingerprint density at radius 3 is 2.50 bits per heavy atom. The van der Waals surface area contributed by atoms with Gasteiger partial charge < -0.3 is 4.90 Å². The first-order valence-electron chi connectivity index (χ1n) is 8.43. The third-order valence-corrected chi connectivity index (χ3v) is 6.77. The summed E-state index contributed by atoms with van der Waals surface area (Å²) in [6.07, 6.45) is 0.943. The molecular formula is C19H21ClN2O3S. The van der Waals surface area contributed by atoms with Crippen molar-refractivity contribution < 1.29 is 13.2 Å². The molecule has 26 heavy (non-hydrogen) atoms. The highest BCUT2D eigenvalue weighted by Gasteiger charge is 2.28. The smallest absolute Gasteiger partial charge is 0.264 e. The lowest BCUT2D eigenvalue weighted by Crippen LogP contribution is -2.30. The zero-order valence-electron chi connectivity index (χ0n) is 14.7. The summed E-state index contributed by atoms with van der Waals surface area (Å²) in [5.41, 5.74) is 0.770. The van der Waals surface area contributed by atoms with Gasteiger partial charge in [-0.05, 0) is 42.7 Å². The predicted molar refractivity (Wildman–Crippen MR) is 103 cm³/mol. The SMILES string of the molecule is CC1CCN(C(=O)c2cc(S(=O)(=O)N(C)c3ccccc3)ccc2Cl)C1. The molecule has 1 heterocycles. The van der Waals surface area contributed by atoms with Gasteiger partial charge in [-0.1, -0.05) is 36.7 Å². The number of halogens is 1. The highest BCUT2D eigenvalue weighted by molar-refractivity contribution is 7.92. The molecule has 1 fully saturated rings. The molecule has 1 atom stereocenters. The van der Waals surface area contributed by atoms with Gasteiger partial charge in [-0.2, -0.15) is 0 Å². The molecule has 1 amide bonds. The highest BCUT2D eigenvalue weighted by atomic mass is 35.5. The van der Waals surface area contributed by atoms with Crippen LogP contribution in [0.4, 0.5) is 5.69 Å². The molecule has 5 nitrogen and oxygen atoms in total. The molecule has 1 aliphatic heterocycles. The molecule has 1 saturated heterocycles. The molecule has 0 radical (unpaired) electrons. The first-order chi connectivity index (χ1) is 12.3. The van der Waals surface area contributed by atoms with E-state index < -0.39 is 10.0 Å². The van der Waals surface area contributed by atoms with Crippen molar-refractivity contribution in [1.29, 1.82) is 0 Å². The van der Waals surface area contributed by atoms with Gasteiger partial charge in [0.15, 0.2) is 0 Å². The van der Waals surface area contributed by atoms with Crippen molar-refractivity contribution in [2.24, 2.45) is 5.92 Å². The fourth-order valence-electron chi connectivity index (χ4n) is 3.05. The van der Waals surface area contributed by atoms with E-state index in [4.69, 9.17) is 11.6 Å². The Kier molecular flexibility index (Phi) is 5.25. The third kappa shape index (κ3) is 3.57. The maximum atomic E-state index is 12.9. The monoisotopic (exact) mass is 392 g/mol. The van der Waals surface area contributed by atoms with Crippen LogP contribution in [0.1, 0.15) is 23.7 Å². The molecule has 7 heteroatoms. The number of carbonyl (C=O) groups excluding carboxylic acids is 1. The van der Waals surface area contributed by atoms with Gasteiger partial charge in [0.1, 0.15) is 0 Å². The number of carbonyl (C=O) groups is 1. The number of hydrogen-bond acceptors (Lipinski definition) is 3. The minimum atomic E-state index is -3.80. The minimum Gasteiger partial charge on any atom is -0.338 e. The average Bonchev–Trinajstić information content (AvgIpc) is 3.08. The van der Waals surface area contributed by atoms with Crippen molar-refractivity contribution in [2.75, 3.05) is 24.4 Å². The fraction of sp³-hybridized carbons (Fsp3) is 0.316. The van der Waals surface area contributed by atoms with Gasteiger partial charge in [0.2, 0.25) is 0 Å². The summed E-state index contributed by atoms with van der Waals surface area (Å²) in [6.45, 7) is 3.41. The molecule has 138 valence electrons. The third-order valence-electron chi connectivity index (χ3n) is 4.66. The molecule has 2 aromatic carbocycles. The van der Waals surface area contributed by atoms with E-state index in [1.54, 1.807) is 29.2 Å². The summed E-state index contributed by atoms with van der Waals surface area (Å²) in [6, 6.07) is 13.1. The van der Waals surface area contributed by atoms with E-state index >= 15 is 0 Å². The summed E-state index contributed by atoms with van der Waals surface area (Å²) in [5.74, 6) is 0.215. The lowest BCUT2D eigenvalue weighted by atomic mass is 10.2. The Morgan fingerprint density at radius 2 is 1.88 bits per heavy atom. The van der Waals surface area contributed by atoms with Crippen LogP contribution in [-0.2, 0) is 10.0 Å². The van der Waals surface area contributed by atoms with Gasteiger partial charge in [-0.3, -0.25) is 9.10 Å².